The third-order valence-corrected chi connectivity index (χ3v) is 3.12. The Kier molecular flexibility index (Phi) is 2.94. The molecule has 2 aromatic heterocycles. The van der Waals surface area contributed by atoms with Gasteiger partial charge >= 0.3 is 0 Å². The first-order chi connectivity index (χ1) is 7.22. The molecule has 0 aliphatic rings. The molecule has 0 saturated carbocycles. The van der Waals surface area contributed by atoms with Crippen molar-refractivity contribution in [3.05, 3.63) is 28.0 Å². The molecule has 5 nitrogen and oxygen atoms in total. The minimum absolute atomic E-state index is 0.669. The molecule has 0 aliphatic carbocycles. The van der Waals surface area contributed by atoms with E-state index in [0.717, 1.165) is 15.8 Å². The Bertz CT molecular complexity index is 459. The van der Waals surface area contributed by atoms with Crippen molar-refractivity contribution in [3.63, 3.8) is 0 Å². The number of aryl methyl sites for hydroxylation is 1. The molecule has 2 heterocycles. The quantitative estimate of drug-likeness (QED) is 0.869. The lowest BCUT2D eigenvalue weighted by atomic mass is 10.4. The summed E-state index contributed by atoms with van der Waals surface area (Å²) in [6.07, 6.45) is 5.43. The van der Waals surface area contributed by atoms with E-state index < -0.39 is 0 Å². The van der Waals surface area contributed by atoms with E-state index in [-0.39, 0.29) is 0 Å². The molecular formula is C9H12IN5. The number of halogens is 1. The fraction of sp³-hybridized carbons (Fsp3) is 0.333. The summed E-state index contributed by atoms with van der Waals surface area (Å²) in [4.78, 5) is 4.10. The first-order valence-corrected chi connectivity index (χ1v) is 5.76. The number of nitrogens with two attached hydrogens (primary N) is 1. The predicted octanol–water partition coefficient (Wildman–Crippen LogP) is 1.33. The topological polar surface area (TPSA) is 61.7 Å². The van der Waals surface area contributed by atoms with Crippen LogP contribution < -0.4 is 5.73 Å². The summed E-state index contributed by atoms with van der Waals surface area (Å²) in [7, 11) is 0. The number of nitrogen functional groups attached to an aromatic ring is 1. The number of nitrogens with zero attached hydrogens (tertiary/aromatic N) is 4. The van der Waals surface area contributed by atoms with Gasteiger partial charge in [0.2, 0.25) is 0 Å². The zero-order chi connectivity index (χ0) is 10.8. The van der Waals surface area contributed by atoms with Crippen molar-refractivity contribution in [1.29, 1.82) is 0 Å². The van der Waals surface area contributed by atoms with Crippen LogP contribution in [-0.4, -0.2) is 19.3 Å². The van der Waals surface area contributed by atoms with E-state index >= 15 is 0 Å². The smallest absolute Gasteiger partial charge is 0.135 e. The Labute approximate surface area is 101 Å². The molecule has 0 radical (unpaired) electrons. The van der Waals surface area contributed by atoms with Gasteiger partial charge in [-0.15, -0.1) is 0 Å². The van der Waals surface area contributed by atoms with Gasteiger partial charge in [0.05, 0.1) is 34.5 Å². The monoisotopic (exact) mass is 317 g/mol. The van der Waals surface area contributed by atoms with Crippen molar-refractivity contribution in [3.8, 4) is 0 Å². The van der Waals surface area contributed by atoms with E-state index in [9.17, 15) is 0 Å². The number of rotatable bonds is 3. The summed E-state index contributed by atoms with van der Waals surface area (Å²) in [5.41, 5.74) is 6.99. The van der Waals surface area contributed by atoms with Crippen LogP contribution in [0.1, 0.15) is 12.6 Å². The SMILES string of the molecule is CCn1cncc1Cn1ncc(I)c1N. The second-order valence-electron chi connectivity index (χ2n) is 3.21. The van der Waals surface area contributed by atoms with E-state index in [1.165, 1.54) is 0 Å². The molecule has 0 spiro atoms. The van der Waals surface area contributed by atoms with Crippen LogP contribution in [0.15, 0.2) is 18.7 Å². The number of hydrogen-bond acceptors (Lipinski definition) is 3. The van der Waals surface area contributed by atoms with Crippen molar-refractivity contribution in [1.82, 2.24) is 19.3 Å². The molecule has 0 aliphatic heterocycles. The van der Waals surface area contributed by atoms with Crippen molar-refractivity contribution < 1.29 is 0 Å². The summed E-state index contributed by atoms with van der Waals surface area (Å²) in [5.74, 6) is 0.708. The third kappa shape index (κ3) is 1.99. The zero-order valence-corrected chi connectivity index (χ0v) is 10.5. The maximum Gasteiger partial charge on any atom is 0.135 e. The normalized spacial score (nSPS) is 10.8. The summed E-state index contributed by atoms with van der Waals surface area (Å²) < 4.78 is 4.84. The minimum Gasteiger partial charge on any atom is -0.383 e. The Morgan fingerprint density at radius 1 is 1.47 bits per heavy atom. The van der Waals surface area contributed by atoms with Crippen LogP contribution in [0.2, 0.25) is 0 Å². The van der Waals surface area contributed by atoms with Gasteiger partial charge in [0.1, 0.15) is 5.82 Å². The van der Waals surface area contributed by atoms with Crippen LogP contribution in [0.25, 0.3) is 0 Å². The Morgan fingerprint density at radius 3 is 2.87 bits per heavy atom. The molecule has 0 bridgehead atoms. The predicted molar refractivity (Wildman–Crippen MR) is 66.4 cm³/mol. The second-order valence-corrected chi connectivity index (χ2v) is 4.37. The van der Waals surface area contributed by atoms with Crippen LogP contribution in [0.4, 0.5) is 5.82 Å². The molecule has 6 heteroatoms. The van der Waals surface area contributed by atoms with Gasteiger partial charge in [-0.05, 0) is 29.5 Å². The lowest BCUT2D eigenvalue weighted by Gasteiger charge is -2.06. The van der Waals surface area contributed by atoms with Gasteiger partial charge in [-0.1, -0.05) is 0 Å². The molecule has 0 unspecified atom stereocenters. The number of anilines is 1. The average Bonchev–Trinajstić information content (AvgIpc) is 2.80. The minimum atomic E-state index is 0.669. The van der Waals surface area contributed by atoms with Gasteiger partial charge in [0, 0.05) is 6.54 Å². The third-order valence-electron chi connectivity index (χ3n) is 2.28. The van der Waals surface area contributed by atoms with E-state index in [1.807, 2.05) is 12.5 Å². The summed E-state index contributed by atoms with van der Waals surface area (Å²) in [6, 6.07) is 0. The molecule has 80 valence electrons. The fourth-order valence-electron chi connectivity index (χ4n) is 1.42. The molecule has 0 aromatic carbocycles. The zero-order valence-electron chi connectivity index (χ0n) is 8.39. The maximum absolute atomic E-state index is 5.87. The Hall–Kier alpha value is -1.05. The molecular weight excluding hydrogens is 305 g/mol. The van der Waals surface area contributed by atoms with Gasteiger partial charge in [-0.2, -0.15) is 5.10 Å². The maximum atomic E-state index is 5.87. The van der Waals surface area contributed by atoms with Gasteiger partial charge in [-0.3, -0.25) is 0 Å². The second kappa shape index (κ2) is 4.21. The molecule has 0 amide bonds. The highest BCUT2D eigenvalue weighted by Crippen LogP contribution is 2.14. The summed E-state index contributed by atoms with van der Waals surface area (Å²) in [5, 5.41) is 4.21. The van der Waals surface area contributed by atoms with Gasteiger partial charge < -0.3 is 10.3 Å². The largest absolute Gasteiger partial charge is 0.383 e. The van der Waals surface area contributed by atoms with Crippen LogP contribution in [0, 0.1) is 3.57 Å². The Balaban J connectivity index is 2.25. The van der Waals surface area contributed by atoms with Crippen LogP contribution >= 0.6 is 22.6 Å². The molecule has 2 aromatic rings. The molecule has 0 atom stereocenters. The van der Waals surface area contributed by atoms with Crippen LogP contribution in [0.3, 0.4) is 0 Å². The number of imidazole rings is 1. The van der Waals surface area contributed by atoms with Crippen LogP contribution in [-0.2, 0) is 13.1 Å². The lowest BCUT2D eigenvalue weighted by Crippen LogP contribution is -2.10. The van der Waals surface area contributed by atoms with E-state index in [4.69, 9.17) is 5.73 Å². The first kappa shape index (κ1) is 10.5. The van der Waals surface area contributed by atoms with E-state index in [2.05, 4.69) is 44.2 Å². The van der Waals surface area contributed by atoms with Crippen LogP contribution in [0.5, 0.6) is 0 Å². The van der Waals surface area contributed by atoms with Crippen molar-refractivity contribution >= 4 is 28.4 Å². The van der Waals surface area contributed by atoms with E-state index in [1.54, 1.807) is 10.9 Å². The number of aromatic nitrogens is 4. The molecule has 15 heavy (non-hydrogen) atoms. The van der Waals surface area contributed by atoms with Crippen molar-refractivity contribution in [2.24, 2.45) is 0 Å². The lowest BCUT2D eigenvalue weighted by molar-refractivity contribution is 0.628. The average molecular weight is 317 g/mol. The van der Waals surface area contributed by atoms with E-state index in [0.29, 0.717) is 12.4 Å². The standard InChI is InChI=1S/C9H12IN5/c1-2-14-6-12-3-7(14)5-15-9(11)8(10)4-13-15/h3-4,6H,2,5,11H2,1H3. The molecule has 0 saturated heterocycles. The van der Waals surface area contributed by atoms with Crippen molar-refractivity contribution in [2.75, 3.05) is 5.73 Å². The summed E-state index contributed by atoms with van der Waals surface area (Å²) >= 11 is 2.17. The Morgan fingerprint density at radius 2 is 2.27 bits per heavy atom. The fourth-order valence-corrected chi connectivity index (χ4v) is 1.82. The molecule has 2 rings (SSSR count). The number of hydrogen-bond donors (Lipinski definition) is 1. The van der Waals surface area contributed by atoms with Gasteiger partial charge in [0.15, 0.2) is 0 Å². The van der Waals surface area contributed by atoms with Gasteiger partial charge in [-0.25, -0.2) is 9.67 Å². The molecule has 0 fully saturated rings. The first-order valence-electron chi connectivity index (χ1n) is 4.68. The highest BCUT2D eigenvalue weighted by Gasteiger charge is 2.07. The highest BCUT2D eigenvalue weighted by molar-refractivity contribution is 14.1. The molecule has 2 N–H and O–H groups in total. The van der Waals surface area contributed by atoms with Crippen molar-refractivity contribution in [2.45, 2.75) is 20.0 Å². The van der Waals surface area contributed by atoms with Gasteiger partial charge in [0.25, 0.3) is 0 Å². The highest BCUT2D eigenvalue weighted by atomic mass is 127. The summed E-state index contributed by atoms with van der Waals surface area (Å²) in [6.45, 7) is 3.66.